The van der Waals surface area contributed by atoms with Gasteiger partial charge in [0.15, 0.2) is 0 Å². The molecule has 1 amide bonds. The molecule has 5 heteroatoms. The van der Waals surface area contributed by atoms with Crippen molar-refractivity contribution in [3.8, 4) is 5.75 Å². The summed E-state index contributed by atoms with van der Waals surface area (Å²) < 4.78 is 0. The summed E-state index contributed by atoms with van der Waals surface area (Å²) in [7, 11) is 1.83. The van der Waals surface area contributed by atoms with Crippen LogP contribution in [0.2, 0.25) is 0 Å². The lowest BCUT2D eigenvalue weighted by Crippen LogP contribution is -2.32. The molecule has 0 saturated carbocycles. The number of benzene rings is 1. The highest BCUT2D eigenvalue weighted by Crippen LogP contribution is 2.20. The molecule has 2 N–H and O–H groups in total. The second-order valence-electron chi connectivity index (χ2n) is 5.18. The number of phenolic OH excluding ortho intramolecular Hbond substituents is 1. The molecule has 20 heavy (non-hydrogen) atoms. The lowest BCUT2D eigenvalue weighted by molar-refractivity contribution is -0.127. The Bertz CT molecular complexity index is 430. The summed E-state index contributed by atoms with van der Waals surface area (Å²) in [4.78, 5) is 13.8. The van der Waals surface area contributed by atoms with Gasteiger partial charge in [0.1, 0.15) is 5.75 Å². The minimum Gasteiger partial charge on any atom is -0.508 e. The molecule has 0 bridgehead atoms. The largest absolute Gasteiger partial charge is 0.508 e. The molecule has 1 aromatic rings. The Morgan fingerprint density at radius 2 is 2.00 bits per heavy atom. The molecule has 2 rings (SSSR count). The number of aromatic hydroxyl groups is 1. The number of hydrogen-bond donors (Lipinski definition) is 2. The van der Waals surface area contributed by atoms with Crippen molar-refractivity contribution in [2.45, 2.75) is 24.6 Å². The first kappa shape index (κ1) is 15.2. The van der Waals surface area contributed by atoms with Gasteiger partial charge in [0.05, 0.1) is 5.75 Å². The molecule has 4 nitrogen and oxygen atoms in total. The van der Waals surface area contributed by atoms with Crippen molar-refractivity contribution < 1.29 is 9.90 Å². The molecule has 1 aliphatic rings. The van der Waals surface area contributed by atoms with Crippen molar-refractivity contribution in [2.24, 2.45) is 0 Å². The van der Waals surface area contributed by atoms with Crippen LogP contribution in [0.5, 0.6) is 5.75 Å². The van der Waals surface area contributed by atoms with Crippen LogP contribution in [0.4, 0.5) is 0 Å². The summed E-state index contributed by atoms with van der Waals surface area (Å²) in [6, 6.07) is 6.99. The van der Waals surface area contributed by atoms with E-state index in [1.165, 1.54) is 0 Å². The van der Waals surface area contributed by atoms with Gasteiger partial charge >= 0.3 is 0 Å². The molecule has 110 valence electrons. The van der Waals surface area contributed by atoms with Gasteiger partial charge in [-0.15, -0.1) is 11.8 Å². The Morgan fingerprint density at radius 3 is 2.65 bits per heavy atom. The van der Waals surface area contributed by atoms with Crippen molar-refractivity contribution in [1.82, 2.24) is 10.2 Å². The molecule has 0 aromatic heterocycles. The lowest BCUT2D eigenvalue weighted by atomic mass is 10.2. The topological polar surface area (TPSA) is 52.6 Å². The zero-order valence-electron chi connectivity index (χ0n) is 11.8. The van der Waals surface area contributed by atoms with E-state index in [4.69, 9.17) is 0 Å². The first-order valence-electron chi connectivity index (χ1n) is 6.99. The molecule has 0 spiro atoms. The van der Waals surface area contributed by atoms with E-state index < -0.39 is 0 Å². The van der Waals surface area contributed by atoms with Crippen molar-refractivity contribution in [3.63, 3.8) is 0 Å². The van der Waals surface area contributed by atoms with Crippen LogP contribution in [0.1, 0.15) is 18.4 Å². The van der Waals surface area contributed by atoms with Gasteiger partial charge in [-0.25, -0.2) is 0 Å². The summed E-state index contributed by atoms with van der Waals surface area (Å²) >= 11 is 1.78. The number of rotatable bonds is 5. The number of amides is 1. The van der Waals surface area contributed by atoms with E-state index in [1.807, 2.05) is 19.2 Å². The minimum atomic E-state index is 0.168. The normalized spacial score (nSPS) is 16.1. The molecule has 0 aliphatic carbocycles. The maximum Gasteiger partial charge on any atom is 0.232 e. The number of thioether (sulfide) groups is 1. The fourth-order valence-corrected chi connectivity index (χ4v) is 3.39. The Hall–Kier alpha value is -1.20. The molecule has 0 radical (unpaired) electrons. The van der Waals surface area contributed by atoms with Crippen LogP contribution in [0.15, 0.2) is 24.3 Å². The smallest absolute Gasteiger partial charge is 0.232 e. The average molecular weight is 294 g/mol. The van der Waals surface area contributed by atoms with E-state index in [2.05, 4.69) is 5.32 Å². The molecular formula is C15H22N2O2S. The van der Waals surface area contributed by atoms with E-state index in [0.717, 1.165) is 31.5 Å². The third-order valence-corrected chi connectivity index (χ3v) is 4.87. The average Bonchev–Trinajstić information content (AvgIpc) is 2.48. The van der Waals surface area contributed by atoms with Crippen LogP contribution >= 0.6 is 11.8 Å². The third-order valence-electron chi connectivity index (χ3n) is 3.51. The van der Waals surface area contributed by atoms with Crippen LogP contribution in [0.3, 0.4) is 0 Å². The van der Waals surface area contributed by atoms with Crippen LogP contribution in [-0.4, -0.2) is 47.1 Å². The third kappa shape index (κ3) is 4.72. The van der Waals surface area contributed by atoms with Gasteiger partial charge < -0.3 is 15.3 Å². The summed E-state index contributed by atoms with van der Waals surface area (Å²) in [5.74, 6) is 0.977. The standard InChI is InChI=1S/C15H22N2O2S/c1-17(10-12-2-4-13(18)5-3-12)15(19)11-20-14-6-8-16-9-7-14/h2-5,14,16,18H,6-11H2,1H3. The molecule has 0 unspecified atom stereocenters. The van der Waals surface area contributed by atoms with Crippen molar-refractivity contribution >= 4 is 17.7 Å². The predicted molar refractivity (Wildman–Crippen MR) is 82.9 cm³/mol. The molecule has 1 saturated heterocycles. The van der Waals surface area contributed by atoms with Crippen molar-refractivity contribution in [2.75, 3.05) is 25.9 Å². The van der Waals surface area contributed by atoms with Crippen molar-refractivity contribution in [1.29, 1.82) is 0 Å². The Labute approximate surface area is 124 Å². The molecule has 0 atom stereocenters. The fourth-order valence-electron chi connectivity index (χ4n) is 2.22. The second kappa shape index (κ2) is 7.55. The summed E-state index contributed by atoms with van der Waals surface area (Å²) in [6.45, 7) is 2.72. The maximum absolute atomic E-state index is 12.1. The van der Waals surface area contributed by atoms with E-state index in [9.17, 15) is 9.90 Å². The zero-order chi connectivity index (χ0) is 14.4. The number of hydrogen-bond acceptors (Lipinski definition) is 4. The van der Waals surface area contributed by atoms with E-state index in [-0.39, 0.29) is 11.7 Å². The van der Waals surface area contributed by atoms with Crippen LogP contribution in [0.25, 0.3) is 0 Å². The maximum atomic E-state index is 12.1. The highest BCUT2D eigenvalue weighted by Gasteiger charge is 2.16. The van der Waals surface area contributed by atoms with Gasteiger partial charge in [0, 0.05) is 18.8 Å². The van der Waals surface area contributed by atoms with Crippen molar-refractivity contribution in [3.05, 3.63) is 29.8 Å². The van der Waals surface area contributed by atoms with Gasteiger partial charge in [0.2, 0.25) is 5.91 Å². The number of nitrogens with zero attached hydrogens (tertiary/aromatic N) is 1. The molecule has 1 aromatic carbocycles. The SMILES string of the molecule is CN(Cc1ccc(O)cc1)C(=O)CSC1CCNCC1. The first-order valence-corrected chi connectivity index (χ1v) is 8.04. The van der Waals surface area contributed by atoms with Gasteiger partial charge in [-0.2, -0.15) is 0 Å². The minimum absolute atomic E-state index is 0.168. The Balaban J connectivity index is 1.75. The quantitative estimate of drug-likeness (QED) is 0.870. The monoisotopic (exact) mass is 294 g/mol. The van der Waals surface area contributed by atoms with Gasteiger partial charge in [0.25, 0.3) is 0 Å². The molecule has 1 aliphatic heterocycles. The summed E-state index contributed by atoms with van der Waals surface area (Å²) in [5, 5.41) is 13.2. The second-order valence-corrected chi connectivity index (χ2v) is 6.47. The van der Waals surface area contributed by atoms with Gasteiger partial charge in [-0.1, -0.05) is 12.1 Å². The Kier molecular flexibility index (Phi) is 5.73. The molecular weight excluding hydrogens is 272 g/mol. The van der Waals surface area contributed by atoms with E-state index >= 15 is 0 Å². The van der Waals surface area contributed by atoms with Crippen LogP contribution in [0, 0.1) is 0 Å². The number of piperidine rings is 1. The van der Waals surface area contributed by atoms with Crippen LogP contribution < -0.4 is 5.32 Å². The highest BCUT2D eigenvalue weighted by molar-refractivity contribution is 8.00. The lowest BCUT2D eigenvalue weighted by Gasteiger charge is -2.23. The highest BCUT2D eigenvalue weighted by atomic mass is 32.2. The molecule has 1 fully saturated rings. The van der Waals surface area contributed by atoms with E-state index in [1.54, 1.807) is 28.8 Å². The van der Waals surface area contributed by atoms with Crippen LogP contribution in [-0.2, 0) is 11.3 Å². The fraction of sp³-hybridized carbons (Fsp3) is 0.533. The number of carbonyl (C=O) groups is 1. The number of carbonyl (C=O) groups excluding carboxylic acids is 1. The summed E-state index contributed by atoms with van der Waals surface area (Å²) in [5.41, 5.74) is 1.03. The number of phenols is 1. The Morgan fingerprint density at radius 1 is 1.35 bits per heavy atom. The van der Waals surface area contributed by atoms with Gasteiger partial charge in [-0.05, 0) is 43.6 Å². The summed E-state index contributed by atoms with van der Waals surface area (Å²) in [6.07, 6.45) is 2.30. The van der Waals surface area contributed by atoms with Gasteiger partial charge in [-0.3, -0.25) is 4.79 Å². The van der Waals surface area contributed by atoms with E-state index in [0.29, 0.717) is 17.5 Å². The number of nitrogens with one attached hydrogen (secondary N) is 1. The molecule has 1 heterocycles. The predicted octanol–water partition coefficient (Wildman–Crippen LogP) is 1.84. The first-order chi connectivity index (χ1) is 9.65. The zero-order valence-corrected chi connectivity index (χ0v) is 12.7.